The third kappa shape index (κ3) is 4.14. The first-order chi connectivity index (χ1) is 16.1. The maximum absolute atomic E-state index is 12.7. The summed E-state index contributed by atoms with van der Waals surface area (Å²) < 4.78 is 1.85. The molecule has 0 aliphatic rings. The number of aromatic nitrogens is 4. The Bertz CT molecular complexity index is 1480. The highest BCUT2D eigenvalue weighted by atomic mass is 16.4. The number of carboxylic acid groups (broad SMARTS) is 1. The molecule has 1 atom stereocenters. The highest BCUT2D eigenvalue weighted by Gasteiger charge is 2.20. The molecule has 0 bridgehead atoms. The van der Waals surface area contributed by atoms with Gasteiger partial charge in [0.25, 0.3) is 5.91 Å². The molecule has 2 N–H and O–H groups in total. The van der Waals surface area contributed by atoms with Crippen molar-refractivity contribution in [3.8, 4) is 0 Å². The molecular weight excluding hydrogens is 418 g/mol. The molecule has 0 saturated carbocycles. The third-order valence-electron chi connectivity index (χ3n) is 5.40. The van der Waals surface area contributed by atoms with Gasteiger partial charge < -0.3 is 15.0 Å². The van der Waals surface area contributed by atoms with Gasteiger partial charge in [0, 0.05) is 5.69 Å². The van der Waals surface area contributed by atoms with Gasteiger partial charge in [0.2, 0.25) is 0 Å². The van der Waals surface area contributed by atoms with Crippen molar-refractivity contribution < 1.29 is 14.7 Å². The lowest BCUT2D eigenvalue weighted by molar-refractivity contribution is -0.137. The highest BCUT2D eigenvalue weighted by Crippen LogP contribution is 2.28. The summed E-state index contributed by atoms with van der Waals surface area (Å²) in [6.07, 6.45) is 3.00. The van der Waals surface area contributed by atoms with Gasteiger partial charge in [0.15, 0.2) is 0 Å². The van der Waals surface area contributed by atoms with Gasteiger partial charge in [-0.2, -0.15) is 0 Å². The molecule has 8 nitrogen and oxygen atoms in total. The first kappa shape index (κ1) is 20.3. The van der Waals surface area contributed by atoms with Gasteiger partial charge in [-0.05, 0) is 35.9 Å². The Morgan fingerprint density at radius 3 is 2.45 bits per heavy atom. The summed E-state index contributed by atoms with van der Waals surface area (Å²) in [6.45, 7) is 0. The predicted molar refractivity (Wildman–Crippen MR) is 124 cm³/mol. The van der Waals surface area contributed by atoms with E-state index in [0.717, 1.165) is 16.6 Å². The number of imidazole rings is 1. The van der Waals surface area contributed by atoms with Crippen LogP contribution in [-0.2, 0) is 4.79 Å². The van der Waals surface area contributed by atoms with Gasteiger partial charge in [0.1, 0.15) is 5.69 Å². The summed E-state index contributed by atoms with van der Waals surface area (Å²) >= 11 is 0. The Morgan fingerprint density at radius 1 is 0.909 bits per heavy atom. The number of carboxylic acids is 1. The molecule has 3 aromatic carbocycles. The molecule has 2 aromatic heterocycles. The molecule has 5 aromatic rings. The van der Waals surface area contributed by atoms with Crippen molar-refractivity contribution >= 4 is 39.6 Å². The van der Waals surface area contributed by atoms with E-state index in [2.05, 4.69) is 20.3 Å². The largest absolute Gasteiger partial charge is 0.481 e. The second-order valence-electron chi connectivity index (χ2n) is 7.58. The second-order valence-corrected chi connectivity index (χ2v) is 7.58. The van der Waals surface area contributed by atoms with Crippen molar-refractivity contribution in [1.82, 2.24) is 19.5 Å². The number of rotatable bonds is 6. The van der Waals surface area contributed by atoms with E-state index < -0.39 is 12.0 Å². The Balaban J connectivity index is 1.43. The van der Waals surface area contributed by atoms with Crippen molar-refractivity contribution in [1.29, 1.82) is 0 Å². The Kier molecular flexibility index (Phi) is 5.24. The fraction of sp³-hybridized carbons (Fsp3) is 0.0800. The van der Waals surface area contributed by atoms with Crippen LogP contribution in [0.2, 0.25) is 0 Å². The van der Waals surface area contributed by atoms with E-state index >= 15 is 0 Å². The number of nitrogens with zero attached hydrogens (tertiary/aromatic N) is 4. The van der Waals surface area contributed by atoms with Crippen LogP contribution in [-0.4, -0.2) is 36.5 Å². The third-order valence-corrected chi connectivity index (χ3v) is 5.40. The molecule has 162 valence electrons. The Morgan fingerprint density at radius 2 is 1.67 bits per heavy atom. The predicted octanol–water partition coefficient (Wildman–Crippen LogP) is 4.30. The van der Waals surface area contributed by atoms with Gasteiger partial charge in [-0.15, -0.1) is 0 Å². The van der Waals surface area contributed by atoms with Crippen LogP contribution in [0.15, 0.2) is 85.3 Å². The monoisotopic (exact) mass is 437 g/mol. The number of hydrogen-bond acceptors (Lipinski definition) is 5. The summed E-state index contributed by atoms with van der Waals surface area (Å²) in [7, 11) is 0. The van der Waals surface area contributed by atoms with Crippen LogP contribution < -0.4 is 5.32 Å². The molecule has 1 amide bonds. The molecule has 5 rings (SSSR count). The van der Waals surface area contributed by atoms with E-state index in [-0.39, 0.29) is 18.0 Å². The number of carbonyl (C=O) groups is 2. The number of benzene rings is 3. The van der Waals surface area contributed by atoms with Gasteiger partial charge in [-0.3, -0.25) is 14.6 Å². The first-order valence-electron chi connectivity index (χ1n) is 10.3. The second kappa shape index (κ2) is 8.51. The van der Waals surface area contributed by atoms with Crippen LogP contribution in [0.4, 0.5) is 5.69 Å². The fourth-order valence-corrected chi connectivity index (χ4v) is 3.84. The average molecular weight is 437 g/mol. The number of nitrogens with one attached hydrogen (secondary N) is 1. The lowest BCUT2D eigenvalue weighted by atomic mass is 10.0. The maximum atomic E-state index is 12.7. The SMILES string of the molecule is O=C(O)CC(c1ccccc1)n1cnc2cc(NC(=O)c3cnc4ccccc4n3)ccc21. The van der Waals surface area contributed by atoms with Gasteiger partial charge in [-0.25, -0.2) is 9.97 Å². The zero-order valence-corrected chi connectivity index (χ0v) is 17.4. The van der Waals surface area contributed by atoms with Crippen molar-refractivity contribution in [2.24, 2.45) is 0 Å². The molecule has 2 heterocycles. The molecule has 1 unspecified atom stereocenters. The standard InChI is InChI=1S/C25H19N5O3/c31-24(32)13-23(16-6-2-1-3-7-16)30-15-27-20-12-17(10-11-22(20)30)28-25(33)21-14-26-18-8-4-5-9-19(18)29-21/h1-12,14-15,23H,13H2,(H,28,33)(H,31,32). The molecule has 0 aliphatic heterocycles. The molecule has 0 saturated heterocycles. The summed E-state index contributed by atoms with van der Waals surface area (Å²) in [5.74, 6) is -1.27. The summed E-state index contributed by atoms with van der Waals surface area (Å²) in [4.78, 5) is 37.3. The Labute approximate surface area is 188 Å². The van der Waals surface area contributed by atoms with Crippen molar-refractivity contribution in [3.05, 3.63) is 96.6 Å². The van der Waals surface area contributed by atoms with E-state index in [1.54, 1.807) is 24.5 Å². The number of amides is 1. The van der Waals surface area contributed by atoms with Crippen LogP contribution in [0.3, 0.4) is 0 Å². The quantitative estimate of drug-likeness (QED) is 0.410. The van der Waals surface area contributed by atoms with Crippen molar-refractivity contribution in [2.75, 3.05) is 5.32 Å². The number of carbonyl (C=O) groups excluding carboxylic acids is 1. The normalized spacial score (nSPS) is 12.0. The average Bonchev–Trinajstić information content (AvgIpc) is 3.25. The van der Waals surface area contributed by atoms with Crippen LogP contribution in [0.5, 0.6) is 0 Å². The molecule has 0 spiro atoms. The Hall–Kier alpha value is -4.59. The van der Waals surface area contributed by atoms with E-state index in [4.69, 9.17) is 0 Å². The summed E-state index contributed by atoms with van der Waals surface area (Å²) in [6, 6.07) is 21.7. The van der Waals surface area contributed by atoms with E-state index in [1.165, 1.54) is 6.20 Å². The molecule has 0 radical (unpaired) electrons. The van der Waals surface area contributed by atoms with E-state index in [9.17, 15) is 14.7 Å². The van der Waals surface area contributed by atoms with Crippen LogP contribution in [0.25, 0.3) is 22.1 Å². The maximum Gasteiger partial charge on any atom is 0.305 e. The summed E-state index contributed by atoms with van der Waals surface area (Å²) in [5, 5.41) is 12.3. The number of aliphatic carboxylic acids is 1. The van der Waals surface area contributed by atoms with Gasteiger partial charge >= 0.3 is 5.97 Å². The zero-order valence-electron chi connectivity index (χ0n) is 17.4. The van der Waals surface area contributed by atoms with Crippen molar-refractivity contribution in [3.63, 3.8) is 0 Å². The lowest BCUT2D eigenvalue weighted by Gasteiger charge is -2.18. The topological polar surface area (TPSA) is 110 Å². The first-order valence-corrected chi connectivity index (χ1v) is 10.3. The minimum atomic E-state index is -0.897. The fourth-order valence-electron chi connectivity index (χ4n) is 3.84. The van der Waals surface area contributed by atoms with Crippen LogP contribution in [0.1, 0.15) is 28.5 Å². The lowest BCUT2D eigenvalue weighted by Crippen LogP contribution is -2.15. The molecule has 8 heteroatoms. The minimum Gasteiger partial charge on any atom is -0.481 e. The van der Waals surface area contributed by atoms with Crippen LogP contribution in [0, 0.1) is 0 Å². The molecular formula is C25H19N5O3. The number of hydrogen-bond donors (Lipinski definition) is 2. The number of anilines is 1. The minimum absolute atomic E-state index is 0.0748. The van der Waals surface area contributed by atoms with Crippen LogP contribution >= 0.6 is 0 Å². The molecule has 0 aliphatic carbocycles. The molecule has 33 heavy (non-hydrogen) atoms. The summed E-state index contributed by atoms with van der Waals surface area (Å²) in [5.41, 5.74) is 4.43. The molecule has 0 fully saturated rings. The van der Waals surface area contributed by atoms with E-state index in [0.29, 0.717) is 16.7 Å². The van der Waals surface area contributed by atoms with Gasteiger partial charge in [-0.1, -0.05) is 42.5 Å². The van der Waals surface area contributed by atoms with E-state index in [1.807, 2.05) is 59.2 Å². The van der Waals surface area contributed by atoms with Crippen molar-refractivity contribution in [2.45, 2.75) is 12.5 Å². The smallest absolute Gasteiger partial charge is 0.305 e. The van der Waals surface area contributed by atoms with Gasteiger partial charge in [0.05, 0.1) is 47.1 Å². The highest BCUT2D eigenvalue weighted by molar-refractivity contribution is 6.04. The zero-order chi connectivity index (χ0) is 22.8. The number of fused-ring (bicyclic) bond motifs is 2. The number of para-hydroxylation sites is 2.